The standard InChI is InChI=1S/C16H15N3O5/c1-10(24-14-9-5-4-8-13(14)19(22)23)16(21)18-12-7-3-2-6-11(12)15(17)20/h2-10H,1H3,(H2,17,20)(H,18,21)/t10-/m1/s1. The second-order valence-electron chi connectivity index (χ2n) is 4.88. The maximum absolute atomic E-state index is 12.2. The lowest BCUT2D eigenvalue weighted by Crippen LogP contribution is -2.31. The Bertz CT molecular complexity index is 791. The Balaban J connectivity index is 2.14. The number of primary amides is 1. The molecule has 0 saturated heterocycles. The van der Waals surface area contributed by atoms with Crippen LogP contribution in [0.2, 0.25) is 0 Å². The molecule has 2 aromatic rings. The van der Waals surface area contributed by atoms with Gasteiger partial charge in [0.25, 0.3) is 11.8 Å². The molecule has 8 nitrogen and oxygen atoms in total. The van der Waals surface area contributed by atoms with Crippen LogP contribution in [0.25, 0.3) is 0 Å². The van der Waals surface area contributed by atoms with E-state index in [1.54, 1.807) is 18.2 Å². The van der Waals surface area contributed by atoms with Crippen LogP contribution < -0.4 is 15.8 Å². The summed E-state index contributed by atoms with van der Waals surface area (Å²) >= 11 is 0. The minimum Gasteiger partial charge on any atom is -0.474 e. The van der Waals surface area contributed by atoms with Crippen LogP contribution in [0.4, 0.5) is 11.4 Å². The van der Waals surface area contributed by atoms with Gasteiger partial charge in [-0.05, 0) is 25.1 Å². The van der Waals surface area contributed by atoms with Crippen molar-refractivity contribution >= 4 is 23.2 Å². The number of hydrogen-bond acceptors (Lipinski definition) is 5. The van der Waals surface area contributed by atoms with E-state index >= 15 is 0 Å². The van der Waals surface area contributed by atoms with Gasteiger partial charge in [0.05, 0.1) is 16.2 Å². The SMILES string of the molecule is C[C@@H](Oc1ccccc1[N+](=O)[O-])C(=O)Nc1ccccc1C(N)=O. The lowest BCUT2D eigenvalue weighted by Gasteiger charge is -2.15. The molecule has 0 aliphatic heterocycles. The molecule has 2 aromatic carbocycles. The van der Waals surface area contributed by atoms with Crippen molar-refractivity contribution in [3.05, 3.63) is 64.2 Å². The highest BCUT2D eigenvalue weighted by molar-refractivity contribution is 6.03. The number of carbonyl (C=O) groups is 2. The molecule has 124 valence electrons. The third kappa shape index (κ3) is 3.86. The van der Waals surface area contributed by atoms with Crippen LogP contribution in [0.1, 0.15) is 17.3 Å². The number of nitro benzene ring substituents is 1. The predicted molar refractivity (Wildman–Crippen MR) is 86.8 cm³/mol. The number of nitrogens with two attached hydrogens (primary N) is 1. The Labute approximate surface area is 137 Å². The number of anilines is 1. The molecule has 0 fully saturated rings. The van der Waals surface area contributed by atoms with Crippen LogP contribution in [0.15, 0.2) is 48.5 Å². The Morgan fingerprint density at radius 3 is 2.46 bits per heavy atom. The van der Waals surface area contributed by atoms with Gasteiger partial charge in [-0.2, -0.15) is 0 Å². The van der Waals surface area contributed by atoms with Crippen LogP contribution in [-0.2, 0) is 4.79 Å². The van der Waals surface area contributed by atoms with Crippen molar-refractivity contribution < 1.29 is 19.2 Å². The minimum absolute atomic E-state index is 0.0201. The van der Waals surface area contributed by atoms with Gasteiger partial charge in [-0.25, -0.2) is 0 Å². The van der Waals surface area contributed by atoms with Gasteiger partial charge >= 0.3 is 5.69 Å². The second-order valence-corrected chi connectivity index (χ2v) is 4.88. The number of ether oxygens (including phenoxy) is 1. The fraction of sp³-hybridized carbons (Fsp3) is 0.125. The van der Waals surface area contributed by atoms with Gasteiger partial charge in [0.2, 0.25) is 0 Å². The summed E-state index contributed by atoms with van der Waals surface area (Å²) < 4.78 is 5.37. The molecule has 0 heterocycles. The van der Waals surface area contributed by atoms with Gasteiger partial charge in [0, 0.05) is 6.07 Å². The van der Waals surface area contributed by atoms with Crippen molar-refractivity contribution in [1.29, 1.82) is 0 Å². The van der Waals surface area contributed by atoms with E-state index < -0.39 is 22.8 Å². The first-order valence-corrected chi connectivity index (χ1v) is 7.00. The van der Waals surface area contributed by atoms with Gasteiger partial charge in [0.15, 0.2) is 11.9 Å². The van der Waals surface area contributed by atoms with Crippen molar-refractivity contribution in [2.75, 3.05) is 5.32 Å². The number of rotatable bonds is 6. The fourth-order valence-electron chi connectivity index (χ4n) is 1.99. The third-order valence-electron chi connectivity index (χ3n) is 3.19. The summed E-state index contributed by atoms with van der Waals surface area (Å²) in [4.78, 5) is 33.9. The molecule has 0 aromatic heterocycles. The van der Waals surface area contributed by atoms with Crippen molar-refractivity contribution in [2.24, 2.45) is 5.73 Å². The van der Waals surface area contributed by atoms with Crippen LogP contribution >= 0.6 is 0 Å². The molecule has 8 heteroatoms. The number of carbonyl (C=O) groups excluding carboxylic acids is 2. The van der Waals surface area contributed by atoms with Crippen molar-refractivity contribution in [1.82, 2.24) is 0 Å². The number of nitro groups is 1. The van der Waals surface area contributed by atoms with Crippen LogP contribution in [0, 0.1) is 10.1 Å². The van der Waals surface area contributed by atoms with E-state index in [9.17, 15) is 19.7 Å². The molecule has 0 spiro atoms. The van der Waals surface area contributed by atoms with E-state index in [0.717, 1.165) is 0 Å². The molecule has 0 radical (unpaired) electrons. The Morgan fingerprint density at radius 1 is 1.17 bits per heavy atom. The Morgan fingerprint density at radius 2 is 1.79 bits per heavy atom. The summed E-state index contributed by atoms with van der Waals surface area (Å²) in [5.74, 6) is -1.27. The maximum atomic E-state index is 12.2. The van der Waals surface area contributed by atoms with E-state index in [1.165, 1.54) is 37.3 Å². The van der Waals surface area contributed by atoms with E-state index in [4.69, 9.17) is 10.5 Å². The summed E-state index contributed by atoms with van der Waals surface area (Å²) in [7, 11) is 0. The Kier molecular flexibility index (Phi) is 5.10. The number of nitrogens with one attached hydrogen (secondary N) is 1. The number of benzene rings is 2. The zero-order valence-corrected chi connectivity index (χ0v) is 12.8. The monoisotopic (exact) mass is 329 g/mol. The van der Waals surface area contributed by atoms with E-state index in [1.807, 2.05) is 0 Å². The smallest absolute Gasteiger partial charge is 0.310 e. The van der Waals surface area contributed by atoms with Crippen LogP contribution in [0.5, 0.6) is 5.75 Å². The average molecular weight is 329 g/mol. The summed E-state index contributed by atoms with van der Waals surface area (Å²) in [6, 6.07) is 12.0. The second kappa shape index (κ2) is 7.23. The molecule has 3 N–H and O–H groups in total. The third-order valence-corrected chi connectivity index (χ3v) is 3.19. The number of hydrogen-bond donors (Lipinski definition) is 2. The summed E-state index contributed by atoms with van der Waals surface area (Å²) in [6.07, 6.45) is -1.02. The van der Waals surface area contributed by atoms with Crippen molar-refractivity contribution in [3.8, 4) is 5.75 Å². The first-order valence-electron chi connectivity index (χ1n) is 7.00. The predicted octanol–water partition coefficient (Wildman–Crippen LogP) is 2.10. The zero-order chi connectivity index (χ0) is 17.7. The minimum atomic E-state index is -1.02. The highest BCUT2D eigenvalue weighted by Crippen LogP contribution is 2.27. The molecule has 0 bridgehead atoms. The molecule has 1 atom stereocenters. The molecule has 24 heavy (non-hydrogen) atoms. The molecule has 0 unspecified atom stereocenters. The van der Waals surface area contributed by atoms with Crippen LogP contribution in [-0.4, -0.2) is 22.8 Å². The first-order chi connectivity index (χ1) is 11.4. The number of para-hydroxylation sites is 3. The number of amides is 2. The normalized spacial score (nSPS) is 11.4. The van der Waals surface area contributed by atoms with Crippen molar-refractivity contribution in [2.45, 2.75) is 13.0 Å². The molecular weight excluding hydrogens is 314 g/mol. The number of nitrogens with zero attached hydrogens (tertiary/aromatic N) is 1. The van der Waals surface area contributed by atoms with E-state index in [2.05, 4.69) is 5.32 Å². The van der Waals surface area contributed by atoms with E-state index in [-0.39, 0.29) is 22.7 Å². The summed E-state index contributed by atoms with van der Waals surface area (Å²) in [6.45, 7) is 1.44. The van der Waals surface area contributed by atoms with Gasteiger partial charge in [0.1, 0.15) is 0 Å². The zero-order valence-electron chi connectivity index (χ0n) is 12.8. The molecule has 2 rings (SSSR count). The first kappa shape index (κ1) is 16.9. The highest BCUT2D eigenvalue weighted by Gasteiger charge is 2.21. The van der Waals surface area contributed by atoms with E-state index in [0.29, 0.717) is 0 Å². The highest BCUT2D eigenvalue weighted by atomic mass is 16.6. The van der Waals surface area contributed by atoms with Crippen LogP contribution in [0.3, 0.4) is 0 Å². The molecule has 2 amide bonds. The quantitative estimate of drug-likeness (QED) is 0.620. The van der Waals surface area contributed by atoms with Crippen molar-refractivity contribution in [3.63, 3.8) is 0 Å². The van der Waals surface area contributed by atoms with Gasteiger partial charge in [-0.1, -0.05) is 24.3 Å². The lowest BCUT2D eigenvalue weighted by atomic mass is 10.1. The topological polar surface area (TPSA) is 125 Å². The van der Waals surface area contributed by atoms with Gasteiger partial charge in [-0.15, -0.1) is 0 Å². The maximum Gasteiger partial charge on any atom is 0.310 e. The average Bonchev–Trinajstić information content (AvgIpc) is 2.55. The largest absolute Gasteiger partial charge is 0.474 e. The van der Waals surface area contributed by atoms with Gasteiger partial charge in [-0.3, -0.25) is 19.7 Å². The lowest BCUT2D eigenvalue weighted by molar-refractivity contribution is -0.386. The molecular formula is C16H15N3O5. The molecule has 0 aliphatic rings. The summed E-state index contributed by atoms with van der Waals surface area (Å²) in [5.41, 5.74) is 5.41. The van der Waals surface area contributed by atoms with Gasteiger partial charge < -0.3 is 15.8 Å². The summed E-state index contributed by atoms with van der Waals surface area (Å²) in [5, 5.41) is 13.5. The molecule has 0 aliphatic carbocycles. The fourth-order valence-corrected chi connectivity index (χ4v) is 1.99. The molecule has 0 saturated carbocycles. The Hall–Kier alpha value is -3.42.